The van der Waals surface area contributed by atoms with E-state index in [1.807, 2.05) is 12.1 Å². The lowest BCUT2D eigenvalue weighted by atomic mass is 9.88. The minimum absolute atomic E-state index is 0.0865. The van der Waals surface area contributed by atoms with Crippen LogP contribution in [0.1, 0.15) is 19.3 Å². The SMILES string of the molecule is CN1CC2CC(C1)N2c1ncc(Cl)c(Nc2ccc3c(c2)c2c(c(=O)n3C)OCC(F)(F)[C@H](C3CC3)N2)n1. The van der Waals surface area contributed by atoms with Crippen molar-refractivity contribution >= 4 is 45.6 Å². The van der Waals surface area contributed by atoms with Gasteiger partial charge in [0, 0.05) is 43.3 Å². The standard InChI is InChI=1S/C26H28ClF2N7O2/c1-34-10-15-8-16(11-34)36(15)25-30-9-18(27)23(33-25)31-14-5-6-19-17(7-14)20-21(24(37)35(19)2)38-12-26(28,29)22(32-20)13-3-4-13/h5-7,9,13,15-16,22,32H,3-4,8,10-12H2,1-2H3,(H,30,31,33)/t15?,16?,22-/m0/s1. The fourth-order valence-corrected chi connectivity index (χ4v) is 6.28. The van der Waals surface area contributed by atoms with E-state index in [9.17, 15) is 13.6 Å². The molecule has 1 aromatic carbocycles. The van der Waals surface area contributed by atoms with Crippen molar-refractivity contribution in [3.05, 3.63) is 39.8 Å². The van der Waals surface area contributed by atoms with E-state index < -0.39 is 24.1 Å². The Morgan fingerprint density at radius 2 is 1.97 bits per heavy atom. The van der Waals surface area contributed by atoms with Gasteiger partial charge in [0.2, 0.25) is 11.7 Å². The number of ether oxygens (including phenoxy) is 1. The fourth-order valence-electron chi connectivity index (χ4n) is 6.14. The van der Waals surface area contributed by atoms with Crippen LogP contribution in [0.5, 0.6) is 5.75 Å². The van der Waals surface area contributed by atoms with Crippen LogP contribution in [0.4, 0.5) is 31.9 Å². The monoisotopic (exact) mass is 543 g/mol. The predicted molar refractivity (Wildman–Crippen MR) is 142 cm³/mol. The first-order valence-electron chi connectivity index (χ1n) is 12.9. The Bertz CT molecular complexity index is 1500. The summed E-state index contributed by atoms with van der Waals surface area (Å²) in [5, 5.41) is 7.25. The number of piperidine rings is 1. The molecule has 2 N–H and O–H groups in total. The zero-order valence-electron chi connectivity index (χ0n) is 21.0. The average Bonchev–Trinajstić information content (AvgIpc) is 3.72. The Kier molecular flexibility index (Phi) is 5.29. The zero-order valence-corrected chi connectivity index (χ0v) is 21.8. The lowest BCUT2D eigenvalue weighted by Gasteiger charge is -2.55. The van der Waals surface area contributed by atoms with Gasteiger partial charge >= 0.3 is 5.92 Å². The van der Waals surface area contributed by atoms with E-state index in [0.717, 1.165) is 32.4 Å². The normalized spacial score (nSPS) is 26.1. The molecule has 12 heteroatoms. The van der Waals surface area contributed by atoms with Crippen LogP contribution in [0.2, 0.25) is 5.02 Å². The van der Waals surface area contributed by atoms with Crippen molar-refractivity contribution in [2.24, 2.45) is 13.0 Å². The summed E-state index contributed by atoms with van der Waals surface area (Å²) in [5.41, 5.74) is 1.09. The number of halogens is 3. The van der Waals surface area contributed by atoms with Crippen LogP contribution in [-0.4, -0.2) is 70.2 Å². The fraction of sp³-hybridized carbons (Fsp3) is 0.500. The summed E-state index contributed by atoms with van der Waals surface area (Å²) in [6.45, 7) is 1.10. The summed E-state index contributed by atoms with van der Waals surface area (Å²) >= 11 is 6.47. The number of rotatable bonds is 4. The third-order valence-corrected chi connectivity index (χ3v) is 8.49. The number of aryl methyl sites for hydroxylation is 1. The highest BCUT2D eigenvalue weighted by Gasteiger charge is 2.51. The van der Waals surface area contributed by atoms with E-state index in [-0.39, 0.29) is 11.7 Å². The molecule has 6 heterocycles. The molecular formula is C26H28ClF2N7O2. The Morgan fingerprint density at radius 3 is 2.71 bits per heavy atom. The summed E-state index contributed by atoms with van der Waals surface area (Å²) in [6, 6.07) is 5.07. The number of piperazine rings is 1. The van der Waals surface area contributed by atoms with Gasteiger partial charge in [0.15, 0.2) is 12.4 Å². The summed E-state index contributed by atoms with van der Waals surface area (Å²) in [6.07, 6.45) is 4.17. The molecule has 1 saturated carbocycles. The van der Waals surface area contributed by atoms with E-state index in [1.165, 1.54) is 4.57 Å². The molecule has 0 spiro atoms. The number of likely N-dealkylation sites (N-methyl/N-ethyl adjacent to an activating group) is 1. The molecule has 200 valence electrons. The molecule has 5 aliphatic rings. The Morgan fingerprint density at radius 1 is 1.21 bits per heavy atom. The lowest BCUT2D eigenvalue weighted by molar-refractivity contribution is -0.0579. The van der Waals surface area contributed by atoms with Crippen LogP contribution in [0.15, 0.2) is 29.2 Å². The number of nitrogens with zero attached hydrogens (tertiary/aromatic N) is 5. The third kappa shape index (κ3) is 3.78. The predicted octanol–water partition coefficient (Wildman–Crippen LogP) is 3.84. The van der Waals surface area contributed by atoms with Crippen molar-refractivity contribution < 1.29 is 13.5 Å². The van der Waals surface area contributed by atoms with E-state index >= 15 is 0 Å². The Labute approximate surface area is 222 Å². The Balaban J connectivity index is 1.26. The summed E-state index contributed by atoms with van der Waals surface area (Å²) in [5.74, 6) is -2.25. The van der Waals surface area contributed by atoms with Gasteiger partial charge in [-0.15, -0.1) is 0 Å². The number of pyridine rings is 1. The number of hydrogen-bond donors (Lipinski definition) is 2. The molecular weight excluding hydrogens is 516 g/mol. The van der Waals surface area contributed by atoms with Crippen LogP contribution in [0.25, 0.3) is 10.9 Å². The molecule has 3 atom stereocenters. The molecule has 38 heavy (non-hydrogen) atoms. The molecule has 2 aromatic heterocycles. The summed E-state index contributed by atoms with van der Waals surface area (Å²) in [4.78, 5) is 26.8. The van der Waals surface area contributed by atoms with Crippen LogP contribution in [-0.2, 0) is 7.05 Å². The van der Waals surface area contributed by atoms with E-state index in [0.29, 0.717) is 51.2 Å². The maximum absolute atomic E-state index is 14.9. The number of benzene rings is 1. The third-order valence-electron chi connectivity index (χ3n) is 8.21. The molecule has 4 fully saturated rings. The Hall–Kier alpha value is -3.18. The lowest BCUT2D eigenvalue weighted by Crippen LogP contribution is -2.68. The number of aromatic nitrogens is 3. The summed E-state index contributed by atoms with van der Waals surface area (Å²) in [7, 11) is 3.73. The van der Waals surface area contributed by atoms with Gasteiger partial charge < -0.3 is 29.7 Å². The van der Waals surface area contributed by atoms with Crippen molar-refractivity contribution in [1.29, 1.82) is 0 Å². The average molecular weight is 544 g/mol. The number of hydrogen-bond acceptors (Lipinski definition) is 8. The van der Waals surface area contributed by atoms with Crippen LogP contribution >= 0.6 is 11.6 Å². The van der Waals surface area contributed by atoms with Crippen molar-refractivity contribution in [3.63, 3.8) is 0 Å². The highest BCUT2D eigenvalue weighted by molar-refractivity contribution is 6.33. The second kappa shape index (κ2) is 8.41. The summed E-state index contributed by atoms with van der Waals surface area (Å²) < 4.78 is 36.7. The van der Waals surface area contributed by atoms with E-state index in [2.05, 4.69) is 32.5 Å². The van der Waals surface area contributed by atoms with Gasteiger partial charge in [-0.2, -0.15) is 4.98 Å². The van der Waals surface area contributed by atoms with Crippen LogP contribution < -0.4 is 25.8 Å². The second-order valence-electron chi connectivity index (χ2n) is 11.0. The minimum Gasteiger partial charge on any atom is -0.480 e. The topological polar surface area (TPSA) is 87.5 Å². The minimum atomic E-state index is -3.10. The van der Waals surface area contributed by atoms with Crippen LogP contribution in [0.3, 0.4) is 0 Å². The molecule has 3 saturated heterocycles. The first-order chi connectivity index (χ1) is 18.2. The first kappa shape index (κ1) is 23.9. The van der Waals surface area contributed by atoms with Crippen molar-refractivity contribution in [3.8, 4) is 5.75 Å². The molecule has 2 bridgehead atoms. The van der Waals surface area contributed by atoms with Crippen molar-refractivity contribution in [2.75, 3.05) is 42.3 Å². The van der Waals surface area contributed by atoms with Gasteiger partial charge in [-0.3, -0.25) is 4.79 Å². The maximum atomic E-state index is 14.9. The zero-order chi connectivity index (χ0) is 26.3. The molecule has 3 aromatic rings. The van der Waals surface area contributed by atoms with Gasteiger partial charge in [0.05, 0.1) is 23.4 Å². The largest absolute Gasteiger partial charge is 0.480 e. The van der Waals surface area contributed by atoms with Gasteiger partial charge in [-0.05, 0) is 50.4 Å². The van der Waals surface area contributed by atoms with Gasteiger partial charge in [-0.1, -0.05) is 11.6 Å². The second-order valence-corrected chi connectivity index (χ2v) is 11.4. The number of fused-ring (bicyclic) bond motifs is 5. The highest BCUT2D eigenvalue weighted by atomic mass is 35.5. The smallest absolute Gasteiger partial charge is 0.301 e. The molecule has 8 rings (SSSR count). The molecule has 0 amide bonds. The first-order valence-corrected chi connectivity index (χ1v) is 13.3. The molecule has 2 unspecified atom stereocenters. The molecule has 0 radical (unpaired) electrons. The number of anilines is 4. The quantitative estimate of drug-likeness (QED) is 0.513. The molecule has 9 nitrogen and oxygen atoms in total. The van der Waals surface area contributed by atoms with E-state index in [4.69, 9.17) is 21.3 Å². The number of alkyl halides is 2. The van der Waals surface area contributed by atoms with Gasteiger partial charge in [-0.25, -0.2) is 13.8 Å². The van der Waals surface area contributed by atoms with Gasteiger partial charge in [0.1, 0.15) is 5.02 Å². The maximum Gasteiger partial charge on any atom is 0.301 e. The van der Waals surface area contributed by atoms with Gasteiger partial charge in [0.25, 0.3) is 5.56 Å². The number of nitrogens with one attached hydrogen (secondary N) is 2. The van der Waals surface area contributed by atoms with E-state index in [1.54, 1.807) is 19.3 Å². The molecule has 1 aliphatic carbocycles. The van der Waals surface area contributed by atoms with Crippen LogP contribution in [0, 0.1) is 5.92 Å². The van der Waals surface area contributed by atoms with Crippen molar-refractivity contribution in [2.45, 2.75) is 43.3 Å². The molecule has 4 aliphatic heterocycles. The highest BCUT2D eigenvalue weighted by Crippen LogP contribution is 2.46. The van der Waals surface area contributed by atoms with Crippen molar-refractivity contribution in [1.82, 2.24) is 19.4 Å².